The van der Waals surface area contributed by atoms with Crippen molar-refractivity contribution < 1.29 is 18.7 Å². The number of ether oxygens (including phenoxy) is 1. The van der Waals surface area contributed by atoms with Gasteiger partial charge in [-0.25, -0.2) is 4.39 Å². The zero-order valence-electron chi connectivity index (χ0n) is 12.0. The minimum atomic E-state index is -1.26. The highest BCUT2D eigenvalue weighted by molar-refractivity contribution is 6.30. The largest absolute Gasteiger partial charge is 0.465 e. The lowest BCUT2D eigenvalue weighted by molar-refractivity contribution is -0.162. The maximum atomic E-state index is 13.9. The Morgan fingerprint density at radius 1 is 1.43 bits per heavy atom. The van der Waals surface area contributed by atoms with Crippen LogP contribution in [0.3, 0.4) is 0 Å². The average Bonchev–Trinajstić information content (AvgIpc) is 2.45. The van der Waals surface area contributed by atoms with Crippen LogP contribution in [0.25, 0.3) is 0 Å². The summed E-state index contributed by atoms with van der Waals surface area (Å²) in [4.78, 5) is 24.7. The molecule has 0 heterocycles. The van der Waals surface area contributed by atoms with E-state index in [4.69, 9.17) is 16.3 Å². The molecule has 0 spiro atoms. The highest BCUT2D eigenvalue weighted by atomic mass is 35.5. The van der Waals surface area contributed by atoms with Gasteiger partial charge >= 0.3 is 5.97 Å². The second-order valence-corrected chi connectivity index (χ2v) is 5.78. The quantitative estimate of drug-likeness (QED) is 0.628. The molecule has 0 aromatic heterocycles. The molecule has 21 heavy (non-hydrogen) atoms. The number of ketones is 1. The van der Waals surface area contributed by atoms with Gasteiger partial charge in [0.05, 0.1) is 6.61 Å². The molecular formula is C16H18ClFO3. The fraction of sp³-hybridized carbons (Fsp3) is 0.500. The van der Waals surface area contributed by atoms with Crippen LogP contribution in [0, 0.1) is 11.2 Å². The molecule has 1 atom stereocenters. The first-order valence-electron chi connectivity index (χ1n) is 7.14. The van der Waals surface area contributed by atoms with Crippen molar-refractivity contribution in [2.45, 2.75) is 39.0 Å². The van der Waals surface area contributed by atoms with Crippen LogP contribution in [-0.2, 0) is 20.7 Å². The van der Waals surface area contributed by atoms with Gasteiger partial charge in [0.15, 0.2) is 5.78 Å². The van der Waals surface area contributed by atoms with Crippen LogP contribution in [0.2, 0.25) is 5.02 Å². The third kappa shape index (κ3) is 3.26. The molecule has 0 N–H and O–H groups in total. The lowest BCUT2D eigenvalue weighted by Gasteiger charge is -2.33. The van der Waals surface area contributed by atoms with E-state index in [1.165, 1.54) is 18.2 Å². The van der Waals surface area contributed by atoms with Crippen molar-refractivity contribution in [2.24, 2.45) is 5.41 Å². The first-order valence-corrected chi connectivity index (χ1v) is 7.52. The van der Waals surface area contributed by atoms with Crippen LogP contribution in [0.1, 0.15) is 38.2 Å². The molecule has 1 aromatic rings. The van der Waals surface area contributed by atoms with E-state index in [1.54, 1.807) is 6.92 Å². The number of esters is 1. The van der Waals surface area contributed by atoms with E-state index >= 15 is 0 Å². The third-order valence-electron chi connectivity index (χ3n) is 3.96. The van der Waals surface area contributed by atoms with Crippen LogP contribution < -0.4 is 0 Å². The SMILES string of the molecule is CCOC(=O)C1(Cc2cc(Cl)ccc2F)CCCCC1=O. The Labute approximate surface area is 128 Å². The molecule has 0 saturated heterocycles. The van der Waals surface area contributed by atoms with E-state index in [1.807, 2.05) is 0 Å². The first kappa shape index (κ1) is 16.0. The molecule has 0 radical (unpaired) electrons. The standard InChI is InChI=1S/C16H18ClFO3/c1-2-21-15(20)16(8-4-3-5-14(16)19)10-11-9-12(17)6-7-13(11)18/h6-7,9H,2-5,8,10H2,1H3. The molecule has 2 rings (SSSR count). The first-order chi connectivity index (χ1) is 9.99. The van der Waals surface area contributed by atoms with Crippen LogP contribution in [-0.4, -0.2) is 18.4 Å². The molecule has 5 heteroatoms. The smallest absolute Gasteiger partial charge is 0.319 e. The normalized spacial score (nSPS) is 22.1. The van der Waals surface area contributed by atoms with E-state index in [9.17, 15) is 14.0 Å². The zero-order valence-corrected chi connectivity index (χ0v) is 12.7. The molecule has 1 aromatic carbocycles. The minimum Gasteiger partial charge on any atom is -0.465 e. The number of carbonyl (C=O) groups is 2. The molecule has 0 amide bonds. The fourth-order valence-electron chi connectivity index (χ4n) is 2.84. The van der Waals surface area contributed by atoms with Crippen LogP contribution in [0.5, 0.6) is 0 Å². The molecule has 3 nitrogen and oxygen atoms in total. The number of hydrogen-bond donors (Lipinski definition) is 0. The van der Waals surface area contributed by atoms with Gasteiger partial charge in [-0.15, -0.1) is 0 Å². The summed E-state index contributed by atoms with van der Waals surface area (Å²) in [5.74, 6) is -1.16. The summed E-state index contributed by atoms with van der Waals surface area (Å²) in [5.41, 5.74) is -0.981. The Hall–Kier alpha value is -1.42. The number of rotatable bonds is 4. The van der Waals surface area contributed by atoms with Crippen molar-refractivity contribution in [3.63, 3.8) is 0 Å². The number of hydrogen-bond acceptors (Lipinski definition) is 3. The second-order valence-electron chi connectivity index (χ2n) is 5.35. The highest BCUT2D eigenvalue weighted by Gasteiger charge is 2.48. The van der Waals surface area contributed by atoms with Gasteiger partial charge in [0.1, 0.15) is 11.2 Å². The van der Waals surface area contributed by atoms with Crippen LogP contribution in [0.15, 0.2) is 18.2 Å². The fourth-order valence-corrected chi connectivity index (χ4v) is 3.03. The third-order valence-corrected chi connectivity index (χ3v) is 4.19. The van der Waals surface area contributed by atoms with Crippen molar-refractivity contribution in [1.82, 2.24) is 0 Å². The second kappa shape index (κ2) is 6.56. The lowest BCUT2D eigenvalue weighted by atomic mass is 9.69. The monoisotopic (exact) mass is 312 g/mol. The zero-order chi connectivity index (χ0) is 15.5. The summed E-state index contributed by atoms with van der Waals surface area (Å²) in [6.45, 7) is 1.89. The van der Waals surface area contributed by atoms with Gasteiger partial charge in [-0.1, -0.05) is 18.0 Å². The van der Waals surface area contributed by atoms with Gasteiger partial charge in [-0.2, -0.15) is 0 Å². The minimum absolute atomic E-state index is 0.0110. The van der Waals surface area contributed by atoms with E-state index in [0.29, 0.717) is 17.9 Å². The van der Waals surface area contributed by atoms with Gasteiger partial charge in [-0.3, -0.25) is 9.59 Å². The van der Waals surface area contributed by atoms with Crippen LogP contribution in [0.4, 0.5) is 4.39 Å². The molecule has 1 saturated carbocycles. The van der Waals surface area contributed by atoms with Gasteiger partial charge < -0.3 is 4.74 Å². The van der Waals surface area contributed by atoms with E-state index in [0.717, 1.165) is 12.8 Å². The van der Waals surface area contributed by atoms with Crippen molar-refractivity contribution in [2.75, 3.05) is 6.61 Å². The number of carbonyl (C=O) groups excluding carboxylic acids is 2. The van der Waals surface area contributed by atoms with Gasteiger partial charge in [0.2, 0.25) is 0 Å². The molecule has 114 valence electrons. The van der Waals surface area contributed by atoms with Gasteiger partial charge in [0.25, 0.3) is 0 Å². The number of halogens is 2. The molecule has 1 aliphatic carbocycles. The molecule has 1 aliphatic rings. The Morgan fingerprint density at radius 3 is 2.86 bits per heavy atom. The van der Waals surface area contributed by atoms with E-state index < -0.39 is 17.2 Å². The summed E-state index contributed by atoms with van der Waals surface area (Å²) in [6.07, 6.45) is 2.26. The maximum absolute atomic E-state index is 13.9. The molecule has 1 fully saturated rings. The number of benzene rings is 1. The Balaban J connectivity index is 2.38. The Morgan fingerprint density at radius 2 is 2.19 bits per heavy atom. The predicted molar refractivity (Wildman–Crippen MR) is 77.7 cm³/mol. The van der Waals surface area contributed by atoms with Crippen molar-refractivity contribution in [3.8, 4) is 0 Å². The average molecular weight is 313 g/mol. The summed E-state index contributed by atoms with van der Waals surface area (Å²) in [7, 11) is 0. The summed E-state index contributed by atoms with van der Waals surface area (Å²) >= 11 is 5.89. The van der Waals surface area contributed by atoms with Crippen molar-refractivity contribution in [1.29, 1.82) is 0 Å². The Kier molecular flexibility index (Phi) is 4.99. The molecule has 1 unspecified atom stereocenters. The molecular weight excluding hydrogens is 295 g/mol. The maximum Gasteiger partial charge on any atom is 0.319 e. The predicted octanol–water partition coefficient (Wildman–Crippen LogP) is 3.71. The summed E-state index contributed by atoms with van der Waals surface area (Å²) < 4.78 is 19.0. The number of Topliss-reactive ketones (excluding diaryl/α,β-unsaturated/α-hetero) is 1. The summed E-state index contributed by atoms with van der Waals surface area (Å²) in [5, 5.41) is 0.383. The van der Waals surface area contributed by atoms with Gasteiger partial charge in [-0.05, 0) is 49.9 Å². The highest BCUT2D eigenvalue weighted by Crippen LogP contribution is 2.38. The van der Waals surface area contributed by atoms with E-state index in [-0.39, 0.29) is 24.4 Å². The Bertz CT molecular complexity index is 558. The topological polar surface area (TPSA) is 43.4 Å². The van der Waals surface area contributed by atoms with E-state index in [2.05, 4.69) is 0 Å². The summed E-state index contributed by atoms with van der Waals surface area (Å²) in [6, 6.07) is 4.17. The van der Waals surface area contributed by atoms with Crippen molar-refractivity contribution >= 4 is 23.4 Å². The van der Waals surface area contributed by atoms with Crippen LogP contribution >= 0.6 is 11.6 Å². The molecule has 0 aliphatic heterocycles. The van der Waals surface area contributed by atoms with Crippen molar-refractivity contribution in [3.05, 3.63) is 34.6 Å². The lowest BCUT2D eigenvalue weighted by Crippen LogP contribution is -2.44. The van der Waals surface area contributed by atoms with Gasteiger partial charge in [0, 0.05) is 11.4 Å². The molecule has 0 bridgehead atoms.